The van der Waals surface area contributed by atoms with Crippen LogP contribution in [0.3, 0.4) is 0 Å². The Bertz CT molecular complexity index is 1270. The van der Waals surface area contributed by atoms with Crippen LogP contribution in [0.25, 0.3) is 17.4 Å². The minimum Gasteiger partial charge on any atom is -0.457 e. The lowest BCUT2D eigenvalue weighted by Gasteiger charge is -2.09. The fourth-order valence-corrected chi connectivity index (χ4v) is 3.47. The summed E-state index contributed by atoms with van der Waals surface area (Å²) in [7, 11) is 0. The molecule has 0 spiro atoms. The highest BCUT2D eigenvalue weighted by molar-refractivity contribution is 7.80. The number of thiocarbonyl (C=S) groups is 1. The highest BCUT2D eigenvalue weighted by atomic mass is 35.5. The van der Waals surface area contributed by atoms with Crippen molar-refractivity contribution in [1.82, 2.24) is 10.3 Å². The molecule has 2 N–H and O–H groups in total. The molecule has 0 unspecified atom stereocenters. The molecule has 0 saturated heterocycles. The van der Waals surface area contributed by atoms with Crippen LogP contribution in [0.1, 0.15) is 16.9 Å². The maximum atomic E-state index is 12.2. The molecule has 33 heavy (non-hydrogen) atoms. The van der Waals surface area contributed by atoms with Crippen molar-refractivity contribution in [3.05, 3.63) is 113 Å². The van der Waals surface area contributed by atoms with Gasteiger partial charge in [-0.1, -0.05) is 23.7 Å². The number of hydrogen-bond acceptors (Lipinski definition) is 4. The van der Waals surface area contributed by atoms with Gasteiger partial charge in [0.1, 0.15) is 11.5 Å². The SMILES string of the molecule is O=C(C=Cc1ccc(-c2ccc(Cl)cc2)o1)NC(=S)Nc1ccc(Cc2ccncc2)cc1. The zero-order valence-corrected chi connectivity index (χ0v) is 19.1. The molecule has 5 nitrogen and oxygen atoms in total. The van der Waals surface area contributed by atoms with Gasteiger partial charge in [0.15, 0.2) is 5.11 Å². The Balaban J connectivity index is 1.27. The summed E-state index contributed by atoms with van der Waals surface area (Å²) in [6.45, 7) is 0. The Morgan fingerprint density at radius 3 is 2.36 bits per heavy atom. The normalized spacial score (nSPS) is 10.8. The number of anilines is 1. The number of nitrogens with zero attached hydrogens (tertiary/aromatic N) is 1. The molecule has 0 radical (unpaired) electrons. The fraction of sp³-hybridized carbons (Fsp3) is 0.0385. The Morgan fingerprint density at radius 2 is 1.64 bits per heavy atom. The van der Waals surface area contributed by atoms with Gasteiger partial charge in [-0.3, -0.25) is 15.1 Å². The summed E-state index contributed by atoms with van der Waals surface area (Å²) in [5, 5.41) is 6.52. The van der Waals surface area contributed by atoms with Crippen molar-refractivity contribution in [3.63, 3.8) is 0 Å². The van der Waals surface area contributed by atoms with E-state index < -0.39 is 0 Å². The van der Waals surface area contributed by atoms with Crippen molar-refractivity contribution in [1.29, 1.82) is 0 Å². The van der Waals surface area contributed by atoms with E-state index in [-0.39, 0.29) is 11.0 Å². The van der Waals surface area contributed by atoms with E-state index in [2.05, 4.69) is 15.6 Å². The molecule has 0 saturated carbocycles. The molecule has 0 fully saturated rings. The van der Waals surface area contributed by atoms with E-state index in [0.29, 0.717) is 16.5 Å². The number of furan rings is 1. The van der Waals surface area contributed by atoms with Crippen LogP contribution in [-0.4, -0.2) is 16.0 Å². The molecule has 4 aromatic rings. The molecule has 0 atom stereocenters. The minimum absolute atomic E-state index is 0.216. The van der Waals surface area contributed by atoms with Crippen LogP contribution in [0, 0.1) is 0 Å². The van der Waals surface area contributed by atoms with Crippen molar-refractivity contribution < 1.29 is 9.21 Å². The Kier molecular flexibility index (Phi) is 7.29. The number of benzene rings is 2. The summed E-state index contributed by atoms with van der Waals surface area (Å²) in [6, 6.07) is 22.8. The first-order valence-corrected chi connectivity index (χ1v) is 11.0. The highest BCUT2D eigenvalue weighted by Crippen LogP contribution is 2.24. The molecule has 7 heteroatoms. The number of pyridine rings is 1. The Hall–Kier alpha value is -3.74. The van der Waals surface area contributed by atoms with Crippen molar-refractivity contribution in [2.45, 2.75) is 6.42 Å². The van der Waals surface area contributed by atoms with Gasteiger partial charge < -0.3 is 9.73 Å². The van der Waals surface area contributed by atoms with E-state index in [1.54, 1.807) is 36.7 Å². The van der Waals surface area contributed by atoms with Gasteiger partial charge in [-0.25, -0.2) is 0 Å². The minimum atomic E-state index is -0.355. The van der Waals surface area contributed by atoms with Gasteiger partial charge >= 0.3 is 0 Å². The smallest absolute Gasteiger partial charge is 0.250 e. The molecule has 0 aliphatic heterocycles. The zero-order valence-electron chi connectivity index (χ0n) is 17.5. The monoisotopic (exact) mass is 473 g/mol. The number of nitrogens with one attached hydrogen (secondary N) is 2. The first-order chi connectivity index (χ1) is 16.0. The van der Waals surface area contributed by atoms with Crippen molar-refractivity contribution >= 4 is 46.6 Å². The number of rotatable bonds is 6. The van der Waals surface area contributed by atoms with E-state index in [0.717, 1.165) is 17.7 Å². The number of amides is 1. The van der Waals surface area contributed by atoms with Crippen LogP contribution >= 0.6 is 23.8 Å². The number of halogens is 1. The van der Waals surface area contributed by atoms with Gasteiger partial charge in [0.2, 0.25) is 5.91 Å². The summed E-state index contributed by atoms with van der Waals surface area (Å²) >= 11 is 11.2. The van der Waals surface area contributed by atoms with Crippen molar-refractivity contribution in [3.8, 4) is 11.3 Å². The Labute approximate surface area is 202 Å². The molecular formula is C26H20ClN3O2S. The quantitative estimate of drug-likeness (QED) is 0.261. The standard InChI is InChI=1S/C26H20ClN3O2S/c27-21-5-3-20(4-6-21)24-11-9-23(32-24)10-12-25(31)30-26(33)29-22-7-1-18(2-8-22)17-19-13-15-28-16-14-19/h1-16H,17H2,(H2,29,30,31,33). The van der Waals surface area contributed by atoms with Crippen LogP contribution in [0.2, 0.25) is 5.02 Å². The van der Waals surface area contributed by atoms with Gasteiger partial charge in [-0.15, -0.1) is 0 Å². The molecule has 2 aromatic carbocycles. The van der Waals surface area contributed by atoms with E-state index in [4.69, 9.17) is 28.2 Å². The predicted octanol–water partition coefficient (Wildman–Crippen LogP) is 6.11. The summed E-state index contributed by atoms with van der Waals surface area (Å²) in [5.41, 5.74) is 4.06. The van der Waals surface area contributed by atoms with Gasteiger partial charge in [0.05, 0.1) is 0 Å². The lowest BCUT2D eigenvalue weighted by atomic mass is 10.1. The highest BCUT2D eigenvalue weighted by Gasteiger charge is 2.05. The molecule has 0 aliphatic carbocycles. The molecule has 164 valence electrons. The lowest BCUT2D eigenvalue weighted by Crippen LogP contribution is -2.32. The first-order valence-electron chi connectivity index (χ1n) is 10.2. The molecule has 2 aromatic heterocycles. The second-order valence-corrected chi connectivity index (χ2v) is 8.06. The maximum absolute atomic E-state index is 12.2. The third-order valence-electron chi connectivity index (χ3n) is 4.76. The van der Waals surface area contributed by atoms with Crippen LogP contribution in [0.15, 0.2) is 95.7 Å². The molecule has 0 aliphatic rings. The number of carbonyl (C=O) groups is 1. The largest absolute Gasteiger partial charge is 0.457 e. The van der Waals surface area contributed by atoms with Crippen LogP contribution in [0.5, 0.6) is 0 Å². The topological polar surface area (TPSA) is 67.2 Å². The van der Waals surface area contributed by atoms with Gasteiger partial charge in [-0.2, -0.15) is 0 Å². The van der Waals surface area contributed by atoms with Gasteiger partial charge in [0, 0.05) is 34.7 Å². The first kappa shape index (κ1) is 22.5. The molecule has 0 bridgehead atoms. The van der Waals surface area contributed by atoms with E-state index in [1.807, 2.05) is 54.6 Å². The lowest BCUT2D eigenvalue weighted by molar-refractivity contribution is -0.115. The molecule has 1 amide bonds. The number of aromatic nitrogens is 1. The van der Waals surface area contributed by atoms with E-state index in [9.17, 15) is 4.79 Å². The number of hydrogen-bond donors (Lipinski definition) is 2. The average Bonchev–Trinajstić information content (AvgIpc) is 3.29. The summed E-state index contributed by atoms with van der Waals surface area (Å²) < 4.78 is 5.75. The third kappa shape index (κ3) is 6.62. The van der Waals surface area contributed by atoms with Crippen LogP contribution in [-0.2, 0) is 11.2 Å². The summed E-state index contributed by atoms with van der Waals surface area (Å²) in [4.78, 5) is 16.2. The van der Waals surface area contributed by atoms with Gasteiger partial charge in [0.25, 0.3) is 0 Å². The maximum Gasteiger partial charge on any atom is 0.250 e. The molecule has 2 heterocycles. The number of carbonyl (C=O) groups excluding carboxylic acids is 1. The van der Waals surface area contributed by atoms with Crippen molar-refractivity contribution in [2.24, 2.45) is 0 Å². The Morgan fingerprint density at radius 1 is 0.939 bits per heavy atom. The van der Waals surface area contributed by atoms with Gasteiger partial charge in [-0.05, 0) is 96.5 Å². The summed E-state index contributed by atoms with van der Waals surface area (Å²) in [6.07, 6.45) is 7.35. The average molecular weight is 474 g/mol. The van der Waals surface area contributed by atoms with E-state index >= 15 is 0 Å². The molecular weight excluding hydrogens is 454 g/mol. The van der Waals surface area contributed by atoms with Crippen LogP contribution < -0.4 is 10.6 Å². The fourth-order valence-electron chi connectivity index (χ4n) is 3.13. The van der Waals surface area contributed by atoms with Crippen molar-refractivity contribution in [2.75, 3.05) is 5.32 Å². The second kappa shape index (κ2) is 10.7. The second-order valence-electron chi connectivity index (χ2n) is 7.21. The van der Waals surface area contributed by atoms with E-state index in [1.165, 1.54) is 17.2 Å². The van der Waals surface area contributed by atoms with Crippen LogP contribution in [0.4, 0.5) is 5.69 Å². The zero-order chi connectivity index (χ0) is 23.0. The third-order valence-corrected chi connectivity index (χ3v) is 5.22. The summed E-state index contributed by atoms with van der Waals surface area (Å²) in [5.74, 6) is 0.890. The molecule has 4 rings (SSSR count). The predicted molar refractivity (Wildman–Crippen MR) is 136 cm³/mol.